The van der Waals surface area contributed by atoms with Gasteiger partial charge in [-0.1, -0.05) is 0 Å². The van der Waals surface area contributed by atoms with Gasteiger partial charge in [0.25, 0.3) is 0 Å². The molecule has 0 bridgehead atoms. The van der Waals surface area contributed by atoms with E-state index in [0.717, 1.165) is 51.9 Å². The lowest BCUT2D eigenvalue weighted by molar-refractivity contribution is -0.137. The average Bonchev–Trinajstić information content (AvgIpc) is 2.39. The number of carbonyl (C=O) groups excluding carboxylic acids is 1. The van der Waals surface area contributed by atoms with E-state index in [1.54, 1.807) is 0 Å². The Labute approximate surface area is 116 Å². The van der Waals surface area contributed by atoms with Crippen molar-refractivity contribution in [2.75, 3.05) is 40.3 Å². The van der Waals surface area contributed by atoms with Crippen LogP contribution in [0.25, 0.3) is 0 Å². The van der Waals surface area contributed by atoms with Crippen LogP contribution in [-0.2, 0) is 4.79 Å². The quantitative estimate of drug-likeness (QED) is 0.816. The zero-order valence-corrected chi connectivity index (χ0v) is 12.3. The molecule has 1 amide bonds. The number of hydrogen-bond donors (Lipinski definition) is 1. The number of nitrogens with one attached hydrogen (secondary N) is 1. The maximum atomic E-state index is 12.4. The summed E-state index contributed by atoms with van der Waals surface area (Å²) in [6, 6.07) is 0.459. The number of nitrogens with zero attached hydrogens (tertiary/aromatic N) is 2. The minimum absolute atomic E-state index is 0. The Hall–Kier alpha value is -0.320. The van der Waals surface area contributed by atoms with Crippen LogP contribution in [0.5, 0.6) is 0 Å². The smallest absolute Gasteiger partial charge is 0.226 e. The molecule has 0 spiro atoms. The zero-order valence-electron chi connectivity index (χ0n) is 11.5. The molecule has 0 aromatic rings. The second-order valence-electron chi connectivity index (χ2n) is 5.53. The van der Waals surface area contributed by atoms with E-state index < -0.39 is 0 Å². The van der Waals surface area contributed by atoms with Crippen molar-refractivity contribution in [1.82, 2.24) is 15.1 Å². The fourth-order valence-corrected chi connectivity index (χ4v) is 2.91. The molecule has 1 N–H and O–H groups in total. The van der Waals surface area contributed by atoms with Gasteiger partial charge in [-0.15, -0.1) is 12.4 Å². The van der Waals surface area contributed by atoms with Gasteiger partial charge in [-0.3, -0.25) is 4.79 Å². The molecular formula is C13H26ClN3O. The Morgan fingerprint density at radius 1 is 1.28 bits per heavy atom. The topological polar surface area (TPSA) is 35.6 Å². The Kier molecular flexibility index (Phi) is 6.39. The first-order valence-corrected chi connectivity index (χ1v) is 6.84. The minimum Gasteiger partial charge on any atom is -0.342 e. The lowest BCUT2D eigenvalue weighted by Crippen LogP contribution is -2.48. The minimum atomic E-state index is 0. The van der Waals surface area contributed by atoms with Gasteiger partial charge in [0.1, 0.15) is 0 Å². The second-order valence-corrected chi connectivity index (χ2v) is 5.53. The van der Waals surface area contributed by atoms with Gasteiger partial charge < -0.3 is 15.1 Å². The molecule has 0 aliphatic carbocycles. The summed E-state index contributed by atoms with van der Waals surface area (Å²) in [4.78, 5) is 16.7. The van der Waals surface area contributed by atoms with Gasteiger partial charge >= 0.3 is 0 Å². The molecular weight excluding hydrogens is 250 g/mol. The van der Waals surface area contributed by atoms with E-state index in [2.05, 4.69) is 17.3 Å². The van der Waals surface area contributed by atoms with Crippen LogP contribution in [-0.4, -0.2) is 62.0 Å². The average molecular weight is 276 g/mol. The summed E-state index contributed by atoms with van der Waals surface area (Å²) in [5.74, 6) is 0.570. The van der Waals surface area contributed by atoms with Crippen molar-refractivity contribution in [3.05, 3.63) is 0 Å². The SMILES string of the molecule is CN1CCC(N(C)C(=O)[C@@H]2CCCNC2)CC1.Cl. The van der Waals surface area contributed by atoms with Gasteiger partial charge in [-0.2, -0.15) is 0 Å². The molecule has 2 fully saturated rings. The van der Waals surface area contributed by atoms with Crippen molar-refractivity contribution in [3.63, 3.8) is 0 Å². The predicted molar refractivity (Wildman–Crippen MR) is 76.1 cm³/mol. The van der Waals surface area contributed by atoms with E-state index in [4.69, 9.17) is 0 Å². The summed E-state index contributed by atoms with van der Waals surface area (Å²) in [5, 5.41) is 3.32. The van der Waals surface area contributed by atoms with Crippen LogP contribution in [0.2, 0.25) is 0 Å². The summed E-state index contributed by atoms with van der Waals surface area (Å²) < 4.78 is 0. The molecule has 0 unspecified atom stereocenters. The number of likely N-dealkylation sites (tertiary alicyclic amines) is 1. The van der Waals surface area contributed by atoms with E-state index in [0.29, 0.717) is 11.9 Å². The molecule has 2 aliphatic rings. The monoisotopic (exact) mass is 275 g/mol. The lowest BCUT2D eigenvalue weighted by Gasteiger charge is -2.37. The van der Waals surface area contributed by atoms with Crippen molar-refractivity contribution in [1.29, 1.82) is 0 Å². The van der Waals surface area contributed by atoms with Gasteiger partial charge in [-0.05, 0) is 52.4 Å². The molecule has 4 nitrogen and oxygen atoms in total. The van der Waals surface area contributed by atoms with Gasteiger partial charge in [0.05, 0.1) is 5.92 Å². The number of halogens is 1. The van der Waals surface area contributed by atoms with Gasteiger partial charge in [-0.25, -0.2) is 0 Å². The van der Waals surface area contributed by atoms with E-state index in [1.165, 1.54) is 0 Å². The molecule has 0 aromatic heterocycles. The summed E-state index contributed by atoms with van der Waals surface area (Å²) >= 11 is 0. The number of carbonyl (C=O) groups is 1. The Morgan fingerprint density at radius 3 is 2.50 bits per heavy atom. The fourth-order valence-electron chi connectivity index (χ4n) is 2.91. The molecule has 106 valence electrons. The zero-order chi connectivity index (χ0) is 12.3. The lowest BCUT2D eigenvalue weighted by atomic mass is 9.96. The van der Waals surface area contributed by atoms with Crippen molar-refractivity contribution in [3.8, 4) is 0 Å². The number of rotatable bonds is 2. The highest BCUT2D eigenvalue weighted by atomic mass is 35.5. The highest BCUT2D eigenvalue weighted by Crippen LogP contribution is 2.19. The molecule has 5 heteroatoms. The Balaban J connectivity index is 0.00000162. The third-order valence-corrected chi connectivity index (χ3v) is 4.23. The number of amides is 1. The van der Waals surface area contributed by atoms with Crippen LogP contribution < -0.4 is 5.32 Å². The van der Waals surface area contributed by atoms with Gasteiger partial charge in [0.2, 0.25) is 5.91 Å². The van der Waals surface area contributed by atoms with Crippen LogP contribution in [0.3, 0.4) is 0 Å². The summed E-state index contributed by atoms with van der Waals surface area (Å²) in [7, 11) is 4.15. The van der Waals surface area contributed by atoms with E-state index >= 15 is 0 Å². The van der Waals surface area contributed by atoms with Crippen LogP contribution in [0, 0.1) is 5.92 Å². The molecule has 0 saturated carbocycles. The van der Waals surface area contributed by atoms with E-state index in [1.807, 2.05) is 11.9 Å². The predicted octanol–water partition coefficient (Wildman–Crippen LogP) is 0.960. The first-order chi connectivity index (χ1) is 8.18. The molecule has 2 heterocycles. The second kappa shape index (κ2) is 7.31. The Morgan fingerprint density at radius 2 is 1.94 bits per heavy atom. The number of hydrogen-bond acceptors (Lipinski definition) is 3. The Bertz CT molecular complexity index is 261. The van der Waals surface area contributed by atoms with Crippen LogP contribution in [0.15, 0.2) is 0 Å². The molecule has 18 heavy (non-hydrogen) atoms. The summed E-state index contributed by atoms with van der Waals surface area (Å²) in [5.41, 5.74) is 0. The van der Waals surface area contributed by atoms with Crippen molar-refractivity contribution in [2.24, 2.45) is 5.92 Å². The first-order valence-electron chi connectivity index (χ1n) is 6.84. The third-order valence-electron chi connectivity index (χ3n) is 4.23. The van der Waals surface area contributed by atoms with Crippen molar-refractivity contribution in [2.45, 2.75) is 31.7 Å². The highest BCUT2D eigenvalue weighted by molar-refractivity contribution is 5.85. The van der Waals surface area contributed by atoms with Crippen LogP contribution >= 0.6 is 12.4 Å². The molecule has 2 aliphatic heterocycles. The largest absolute Gasteiger partial charge is 0.342 e. The molecule has 2 saturated heterocycles. The third kappa shape index (κ3) is 3.84. The van der Waals surface area contributed by atoms with Crippen LogP contribution in [0.1, 0.15) is 25.7 Å². The number of piperidine rings is 2. The van der Waals surface area contributed by atoms with Gasteiger partial charge in [0, 0.05) is 19.6 Å². The molecule has 0 aromatic carbocycles. The van der Waals surface area contributed by atoms with E-state index in [-0.39, 0.29) is 18.3 Å². The highest BCUT2D eigenvalue weighted by Gasteiger charge is 2.29. The molecule has 0 radical (unpaired) electrons. The fraction of sp³-hybridized carbons (Fsp3) is 0.923. The van der Waals surface area contributed by atoms with Crippen LogP contribution in [0.4, 0.5) is 0 Å². The van der Waals surface area contributed by atoms with E-state index in [9.17, 15) is 4.79 Å². The van der Waals surface area contributed by atoms with Crippen molar-refractivity contribution >= 4 is 18.3 Å². The summed E-state index contributed by atoms with van der Waals surface area (Å²) in [6.45, 7) is 4.17. The van der Waals surface area contributed by atoms with Gasteiger partial charge in [0.15, 0.2) is 0 Å². The molecule has 2 rings (SSSR count). The normalized spacial score (nSPS) is 26.4. The summed E-state index contributed by atoms with van der Waals surface area (Å²) in [6.07, 6.45) is 4.44. The maximum absolute atomic E-state index is 12.4. The maximum Gasteiger partial charge on any atom is 0.226 e. The van der Waals surface area contributed by atoms with Crippen molar-refractivity contribution < 1.29 is 4.79 Å². The standard InChI is InChI=1S/C13H25N3O.ClH/c1-15-8-5-12(6-9-15)16(2)13(17)11-4-3-7-14-10-11;/h11-12,14H,3-10H2,1-2H3;1H/t11-;/m1./s1. The first kappa shape index (κ1) is 15.7. The molecule has 1 atom stereocenters.